The fraction of sp³-hybridized carbons (Fsp3) is 0.107. The van der Waals surface area contributed by atoms with Crippen LogP contribution in [-0.2, 0) is 25.8 Å². The number of nitrogens with one attached hydrogen (secondary N) is 3. The van der Waals surface area contributed by atoms with E-state index in [2.05, 4.69) is 117 Å². The Labute approximate surface area is 597 Å². The standard InChI is InChI=1S/C20H14N4.C19H16N4O2.C18H13BrN4O2.C8H8N2O2.C6H7BrN2.C4H6O3/c1-2-6-13(7-3-1)14-10-11-17-18(12-14)22-20(21-17)19-15-8-4-5-9-16(15)23-24-19;1-11-8-9-17-15(10-11)20-19(22(17)12(2)24)18-14-6-4-5-7-16(14)23(21-18)13(3)25;1-10(24)22-16-8-7-12(19)9-14(16)20-18(22)17-13-5-3-4-6-15(13)23(21-17)11(2)25;11-12-5-8-6-3-1-2-4-7(6)9-10-8;7-4-1-2-5(8)6(9)3-4;1-3(5)7-4(2)6/h1-12H,(H,21,22)(H,23,24);4-10H,1-3H3;3-9H,1-2H3;1-4,11H,5H2,(H,9,10);1-3H,8-9H2;1-2H3. The molecule has 0 aliphatic rings. The Morgan fingerprint density at radius 1 is 0.451 bits per heavy atom. The molecule has 7 aromatic heterocycles. The number of nitrogens with two attached hydrogens (primary N) is 2. The monoisotopic (exact) mass is 1490 g/mol. The first kappa shape index (κ1) is 70.9. The largest absolute Gasteiger partial charge is 0.397 e. The van der Waals surface area contributed by atoms with Crippen LogP contribution >= 0.6 is 31.9 Å². The van der Waals surface area contributed by atoms with Crippen LogP contribution in [0.3, 0.4) is 0 Å². The van der Waals surface area contributed by atoms with Crippen molar-refractivity contribution in [2.24, 2.45) is 0 Å². The maximum absolute atomic E-state index is 12.3. The SMILES string of the molecule is CC(=O)OC(C)=O.CC(=O)n1nc(-c2nc3cc(Br)ccc3n2C(C)=O)c2ccccc21.CC(=O)n1nc(-c2nc3cc(C)ccc3n2C(C)=O)c2ccccc21.Nc1ccc(Br)cc1N.OOCc1[nH]nc2ccccc12.c1ccc(-c2ccc3nc(-c4n[nH]c5ccccc45)[nH]c3c2)cc1. The summed E-state index contributed by atoms with van der Waals surface area (Å²) in [7, 11) is 0. The molecule has 0 radical (unpaired) electrons. The summed E-state index contributed by atoms with van der Waals surface area (Å²) in [6, 6.07) is 63.9. The first-order chi connectivity index (χ1) is 49.1. The fourth-order valence-corrected chi connectivity index (χ4v) is 11.9. The highest BCUT2D eigenvalue weighted by Gasteiger charge is 2.25. The van der Waals surface area contributed by atoms with Gasteiger partial charge in [-0.3, -0.25) is 53.4 Å². The number of esters is 2. The molecule has 0 spiro atoms. The average molecular weight is 1490 g/mol. The third-order valence-electron chi connectivity index (χ3n) is 15.6. The molecule has 0 bridgehead atoms. The number of aromatic amines is 3. The van der Waals surface area contributed by atoms with Crippen molar-refractivity contribution < 1.29 is 43.6 Å². The van der Waals surface area contributed by atoms with Crippen LogP contribution < -0.4 is 11.5 Å². The van der Waals surface area contributed by atoms with E-state index in [0.717, 1.165) is 86.4 Å². The number of para-hydroxylation sites is 4. The minimum atomic E-state index is -0.562. The van der Waals surface area contributed by atoms with Gasteiger partial charge in [-0.2, -0.15) is 29.8 Å². The predicted molar refractivity (Wildman–Crippen MR) is 400 cm³/mol. The number of rotatable bonds is 6. The number of nitrogens with zero attached hydrogens (tertiary/aromatic N) is 11. The number of fused-ring (bicyclic) bond motifs is 7. The normalized spacial score (nSPS) is 10.8. The van der Waals surface area contributed by atoms with Gasteiger partial charge in [-0.25, -0.2) is 19.8 Å². The highest BCUT2D eigenvalue weighted by atomic mass is 79.9. The summed E-state index contributed by atoms with van der Waals surface area (Å²) in [5.41, 5.74) is 26.3. The third-order valence-corrected chi connectivity index (χ3v) is 16.6. The molecule has 0 saturated heterocycles. The lowest BCUT2D eigenvalue weighted by Crippen LogP contribution is -2.09. The van der Waals surface area contributed by atoms with E-state index in [1.807, 2.05) is 165 Å². The molecule has 27 heteroatoms. The van der Waals surface area contributed by atoms with Crippen molar-refractivity contribution in [3.05, 3.63) is 220 Å². The van der Waals surface area contributed by atoms with Gasteiger partial charge < -0.3 is 21.2 Å². The number of imidazole rings is 3. The van der Waals surface area contributed by atoms with Crippen LogP contribution in [0.15, 0.2) is 209 Å². The second-order valence-electron chi connectivity index (χ2n) is 23.0. The van der Waals surface area contributed by atoms with Gasteiger partial charge in [-0.1, -0.05) is 147 Å². The van der Waals surface area contributed by atoms with Crippen molar-refractivity contribution in [3.8, 4) is 45.7 Å². The van der Waals surface area contributed by atoms with Crippen molar-refractivity contribution >= 4 is 156 Å². The molecule has 16 rings (SSSR count). The summed E-state index contributed by atoms with van der Waals surface area (Å²) in [6.45, 7) is 10.4. The third kappa shape index (κ3) is 15.7. The van der Waals surface area contributed by atoms with Gasteiger partial charge in [-0.15, -0.1) is 0 Å². The number of carbonyl (C=O) groups excluding carboxylic acids is 6. The van der Waals surface area contributed by atoms with Crippen molar-refractivity contribution in [3.63, 3.8) is 0 Å². The first-order valence-electron chi connectivity index (χ1n) is 31.4. The molecule has 0 amide bonds. The second kappa shape index (κ2) is 31.2. The Kier molecular flexibility index (Phi) is 21.7. The Morgan fingerprint density at radius 3 is 1.54 bits per heavy atom. The number of H-pyrrole nitrogens is 3. The molecule has 102 heavy (non-hydrogen) atoms. The topological polar surface area (TPSA) is 350 Å². The lowest BCUT2D eigenvalue weighted by molar-refractivity contribution is -0.253. The number of halogens is 2. The van der Waals surface area contributed by atoms with E-state index in [1.54, 1.807) is 16.7 Å². The van der Waals surface area contributed by atoms with E-state index in [9.17, 15) is 28.8 Å². The molecular weight excluding hydrogens is 1430 g/mol. The van der Waals surface area contributed by atoms with Gasteiger partial charge in [-0.05, 0) is 109 Å². The molecule has 8 N–H and O–H groups in total. The lowest BCUT2D eigenvalue weighted by atomic mass is 10.1. The van der Waals surface area contributed by atoms with Crippen LogP contribution in [0.1, 0.15) is 72.0 Å². The fourth-order valence-electron chi connectivity index (χ4n) is 11.2. The van der Waals surface area contributed by atoms with Gasteiger partial charge in [0.05, 0.1) is 72.2 Å². The molecule has 25 nitrogen and oxygen atoms in total. The van der Waals surface area contributed by atoms with Crippen molar-refractivity contribution in [2.75, 3.05) is 11.5 Å². The predicted octanol–water partition coefficient (Wildman–Crippen LogP) is 15.9. The van der Waals surface area contributed by atoms with Gasteiger partial charge in [0.2, 0.25) is 23.6 Å². The molecule has 9 aromatic carbocycles. The molecular formula is C75H64Br2N16O9. The Morgan fingerprint density at radius 2 is 0.980 bits per heavy atom. The number of hydrogen-bond acceptors (Lipinski definition) is 18. The van der Waals surface area contributed by atoms with Crippen LogP contribution in [0, 0.1) is 6.92 Å². The molecule has 0 atom stereocenters. The number of aromatic nitrogens is 14. The van der Waals surface area contributed by atoms with E-state index >= 15 is 0 Å². The zero-order valence-corrected chi connectivity index (χ0v) is 59.0. The summed E-state index contributed by atoms with van der Waals surface area (Å²) < 4.78 is 11.6. The minimum Gasteiger partial charge on any atom is -0.397 e. The van der Waals surface area contributed by atoms with Gasteiger partial charge >= 0.3 is 11.9 Å². The van der Waals surface area contributed by atoms with E-state index < -0.39 is 11.9 Å². The molecule has 0 fully saturated rings. The molecule has 0 aliphatic carbocycles. The van der Waals surface area contributed by atoms with E-state index in [0.29, 0.717) is 56.5 Å². The second-order valence-corrected chi connectivity index (χ2v) is 24.8. The van der Waals surface area contributed by atoms with Gasteiger partial charge in [0.1, 0.15) is 23.7 Å². The Balaban J connectivity index is 0.000000130. The number of anilines is 2. The number of ether oxygens (including phenoxy) is 1. The molecule has 0 saturated carbocycles. The molecule has 16 aromatic rings. The van der Waals surface area contributed by atoms with E-state index in [4.69, 9.17) is 21.7 Å². The molecule has 0 unspecified atom stereocenters. The van der Waals surface area contributed by atoms with Gasteiger partial charge in [0.25, 0.3) is 0 Å². The maximum Gasteiger partial charge on any atom is 0.310 e. The van der Waals surface area contributed by atoms with Crippen LogP contribution in [-0.4, -0.2) is 110 Å². The van der Waals surface area contributed by atoms with Crippen molar-refractivity contribution in [1.82, 2.24) is 69.0 Å². The van der Waals surface area contributed by atoms with Crippen molar-refractivity contribution in [1.29, 1.82) is 0 Å². The van der Waals surface area contributed by atoms with Crippen molar-refractivity contribution in [2.45, 2.75) is 55.1 Å². The number of benzene rings is 9. The minimum absolute atomic E-state index is 0.139. The van der Waals surface area contributed by atoms with E-state index in [-0.39, 0.29) is 30.2 Å². The number of aryl methyl sites for hydroxylation is 1. The van der Waals surface area contributed by atoms with Crippen LogP contribution in [0.5, 0.6) is 0 Å². The van der Waals surface area contributed by atoms with Crippen LogP contribution in [0.2, 0.25) is 0 Å². The number of nitrogen functional groups attached to an aromatic ring is 2. The number of hydrogen-bond donors (Lipinski definition) is 6. The summed E-state index contributed by atoms with van der Waals surface area (Å²) in [6.07, 6.45) is 0. The smallest absolute Gasteiger partial charge is 0.310 e. The first-order valence-corrected chi connectivity index (χ1v) is 33.0. The highest BCUT2D eigenvalue weighted by Crippen LogP contribution is 2.34. The molecule has 512 valence electrons. The Hall–Kier alpha value is -12.4. The van der Waals surface area contributed by atoms with Gasteiger partial charge in [0, 0.05) is 72.0 Å². The summed E-state index contributed by atoms with van der Waals surface area (Å²) in [5, 5.41) is 35.0. The van der Waals surface area contributed by atoms with Crippen LogP contribution in [0.4, 0.5) is 11.4 Å². The zero-order valence-electron chi connectivity index (χ0n) is 55.8. The molecule has 0 aliphatic heterocycles. The van der Waals surface area contributed by atoms with Gasteiger partial charge in [0.15, 0.2) is 17.5 Å². The summed E-state index contributed by atoms with van der Waals surface area (Å²) in [5.74, 6) is -0.169. The maximum atomic E-state index is 12.3. The zero-order chi connectivity index (χ0) is 72.5. The quantitative estimate of drug-likeness (QED) is 0.0296. The summed E-state index contributed by atoms with van der Waals surface area (Å²) in [4.78, 5) is 89.5. The van der Waals surface area contributed by atoms with E-state index in [1.165, 1.54) is 66.6 Å². The Bertz CT molecular complexity index is 5650. The summed E-state index contributed by atoms with van der Waals surface area (Å²) >= 11 is 6.68. The average Bonchev–Trinajstić information content (AvgIpc) is 1.60. The van der Waals surface area contributed by atoms with Crippen LogP contribution in [0.25, 0.3) is 122 Å². The highest BCUT2D eigenvalue weighted by molar-refractivity contribution is 9.10. The lowest BCUT2D eigenvalue weighted by Gasteiger charge is -2.03. The molecule has 7 heterocycles. The number of carbonyl (C=O) groups is 6.